The zero-order valence-electron chi connectivity index (χ0n) is 15.1. The van der Waals surface area contributed by atoms with Crippen LogP contribution in [0.25, 0.3) is 0 Å². The van der Waals surface area contributed by atoms with Crippen molar-refractivity contribution in [2.45, 2.75) is 90.2 Å². The van der Waals surface area contributed by atoms with Gasteiger partial charge in [0.05, 0.1) is 7.05 Å². The minimum absolute atomic E-state index is 0.194. The van der Waals surface area contributed by atoms with Crippen molar-refractivity contribution >= 4 is 0 Å². The van der Waals surface area contributed by atoms with Crippen LogP contribution in [0.5, 0.6) is 0 Å². The van der Waals surface area contributed by atoms with Gasteiger partial charge in [-0.25, -0.2) is 9.13 Å². The van der Waals surface area contributed by atoms with Crippen molar-refractivity contribution in [3.8, 4) is 0 Å². The van der Waals surface area contributed by atoms with Crippen LogP contribution in [-0.2, 0) is 11.8 Å². The van der Waals surface area contributed by atoms with Gasteiger partial charge in [-0.1, -0.05) is 71.1 Å². The van der Waals surface area contributed by atoms with Gasteiger partial charge in [-0.05, 0) is 6.42 Å². The molecule has 0 bridgehead atoms. The summed E-state index contributed by atoms with van der Waals surface area (Å²) in [5.41, 5.74) is 0. The van der Waals surface area contributed by atoms with Crippen LogP contribution in [0, 0.1) is 0 Å². The Bertz CT molecular complexity index is 362. The van der Waals surface area contributed by atoms with E-state index in [1.165, 1.54) is 70.6 Å². The summed E-state index contributed by atoms with van der Waals surface area (Å²) < 4.78 is 9.82. The lowest BCUT2D eigenvalue weighted by atomic mass is 10.1. The molecule has 3 nitrogen and oxygen atoms in total. The summed E-state index contributed by atoms with van der Waals surface area (Å²) in [6.07, 6.45) is 22.9. The molecular formula is C19H37N2O+. The number of ether oxygens (including phenoxy) is 1. The maximum absolute atomic E-state index is 5.59. The van der Waals surface area contributed by atoms with Gasteiger partial charge in [0.15, 0.2) is 0 Å². The molecule has 0 aliphatic rings. The number of hydrogen-bond acceptors (Lipinski definition) is 1. The average molecular weight is 310 g/mol. The lowest BCUT2D eigenvalue weighted by molar-refractivity contribution is -0.671. The van der Waals surface area contributed by atoms with Gasteiger partial charge < -0.3 is 4.74 Å². The Labute approximate surface area is 137 Å². The molecule has 1 aromatic rings. The van der Waals surface area contributed by atoms with Crippen molar-refractivity contribution in [1.82, 2.24) is 4.57 Å². The number of rotatable bonds is 14. The molecule has 0 amide bonds. The molecule has 1 rings (SSSR count). The minimum Gasteiger partial charge on any atom is -0.343 e. The summed E-state index contributed by atoms with van der Waals surface area (Å²) in [6, 6.07) is 0. The van der Waals surface area contributed by atoms with Crippen molar-refractivity contribution in [2.24, 2.45) is 7.05 Å². The largest absolute Gasteiger partial charge is 0.343 e. The third kappa shape index (κ3) is 8.57. The third-order valence-electron chi connectivity index (χ3n) is 4.45. The normalized spacial score (nSPS) is 12.7. The second kappa shape index (κ2) is 12.7. The zero-order chi connectivity index (χ0) is 16.0. The first-order valence-electron chi connectivity index (χ1n) is 9.33. The molecule has 0 saturated heterocycles. The molecule has 0 radical (unpaired) electrons. The molecule has 1 unspecified atom stereocenters. The predicted octanol–water partition coefficient (Wildman–Crippen LogP) is 5.16. The Balaban J connectivity index is 1.94. The number of unbranched alkanes of at least 4 members (excludes halogenated alkanes) is 10. The summed E-state index contributed by atoms with van der Waals surface area (Å²) >= 11 is 0. The molecule has 0 spiro atoms. The van der Waals surface area contributed by atoms with Gasteiger partial charge in [-0.3, -0.25) is 0 Å². The van der Waals surface area contributed by atoms with Crippen LogP contribution in [0.15, 0.2) is 18.7 Å². The van der Waals surface area contributed by atoms with E-state index >= 15 is 0 Å². The van der Waals surface area contributed by atoms with Gasteiger partial charge in [-0.2, -0.15) is 0 Å². The van der Waals surface area contributed by atoms with E-state index in [-0.39, 0.29) is 6.23 Å². The van der Waals surface area contributed by atoms with Crippen LogP contribution in [0.1, 0.15) is 90.2 Å². The zero-order valence-corrected chi connectivity index (χ0v) is 15.1. The monoisotopic (exact) mass is 309 g/mol. The SMILES string of the molecule is CCCCCCCCCCCCCC(OC)n1cc[n+](C)c1. The standard InChI is InChI=1S/C19H37N2O/c1-4-5-6-7-8-9-10-11-12-13-14-15-19(22-3)21-17-16-20(2)18-21/h16-19H,4-15H2,1-3H3/q+1. The fraction of sp³-hybridized carbons (Fsp3) is 0.842. The molecule has 22 heavy (non-hydrogen) atoms. The summed E-state index contributed by atoms with van der Waals surface area (Å²) in [6.45, 7) is 2.28. The quantitative estimate of drug-likeness (QED) is 0.343. The molecule has 0 aliphatic carbocycles. The van der Waals surface area contributed by atoms with Gasteiger partial charge in [0.2, 0.25) is 12.6 Å². The van der Waals surface area contributed by atoms with Crippen molar-refractivity contribution in [1.29, 1.82) is 0 Å². The molecule has 0 aromatic carbocycles. The summed E-state index contributed by atoms with van der Waals surface area (Å²) in [7, 11) is 3.86. The highest BCUT2D eigenvalue weighted by Crippen LogP contribution is 2.17. The predicted molar refractivity (Wildman–Crippen MR) is 92.7 cm³/mol. The number of methoxy groups -OCH3 is 1. The highest BCUT2D eigenvalue weighted by atomic mass is 16.5. The number of aromatic nitrogens is 2. The fourth-order valence-corrected chi connectivity index (χ4v) is 3.01. The molecular weight excluding hydrogens is 272 g/mol. The Morgan fingerprint density at radius 2 is 1.45 bits per heavy atom. The van der Waals surface area contributed by atoms with E-state index in [1.807, 2.05) is 14.2 Å². The Morgan fingerprint density at radius 3 is 1.91 bits per heavy atom. The maximum Gasteiger partial charge on any atom is 0.245 e. The Hall–Kier alpha value is -0.830. The van der Waals surface area contributed by atoms with Gasteiger partial charge >= 0.3 is 0 Å². The van der Waals surface area contributed by atoms with Gasteiger partial charge in [-0.15, -0.1) is 0 Å². The van der Waals surface area contributed by atoms with Crippen molar-refractivity contribution in [3.63, 3.8) is 0 Å². The van der Waals surface area contributed by atoms with E-state index in [1.54, 1.807) is 0 Å². The van der Waals surface area contributed by atoms with Crippen molar-refractivity contribution < 1.29 is 9.30 Å². The van der Waals surface area contributed by atoms with Gasteiger partial charge in [0.25, 0.3) is 0 Å². The first-order valence-corrected chi connectivity index (χ1v) is 9.33. The lowest BCUT2D eigenvalue weighted by Crippen LogP contribution is -2.24. The summed E-state index contributed by atoms with van der Waals surface area (Å²) in [4.78, 5) is 0. The molecule has 1 atom stereocenters. The molecule has 0 aliphatic heterocycles. The molecule has 1 heterocycles. The van der Waals surface area contributed by atoms with Crippen molar-refractivity contribution in [3.05, 3.63) is 18.7 Å². The molecule has 128 valence electrons. The Morgan fingerprint density at radius 1 is 0.909 bits per heavy atom. The minimum atomic E-state index is 0.194. The number of hydrogen-bond donors (Lipinski definition) is 0. The topological polar surface area (TPSA) is 18.0 Å². The summed E-state index contributed by atoms with van der Waals surface area (Å²) in [5.74, 6) is 0. The lowest BCUT2D eigenvalue weighted by Gasteiger charge is -2.11. The van der Waals surface area contributed by atoms with E-state index in [9.17, 15) is 0 Å². The maximum atomic E-state index is 5.59. The second-order valence-corrected chi connectivity index (χ2v) is 6.54. The van der Waals surface area contributed by atoms with Gasteiger partial charge in [0, 0.05) is 13.5 Å². The van der Waals surface area contributed by atoms with Crippen LogP contribution in [0.4, 0.5) is 0 Å². The highest BCUT2D eigenvalue weighted by Gasteiger charge is 2.14. The molecule has 0 saturated carbocycles. The van der Waals surface area contributed by atoms with Gasteiger partial charge in [0.1, 0.15) is 12.4 Å². The highest BCUT2D eigenvalue weighted by molar-refractivity contribution is 4.70. The van der Waals surface area contributed by atoms with E-state index in [2.05, 4.69) is 34.8 Å². The summed E-state index contributed by atoms with van der Waals surface area (Å²) in [5, 5.41) is 0. The third-order valence-corrected chi connectivity index (χ3v) is 4.45. The van der Waals surface area contributed by atoms with E-state index < -0.39 is 0 Å². The van der Waals surface area contributed by atoms with Crippen LogP contribution in [0.2, 0.25) is 0 Å². The van der Waals surface area contributed by atoms with E-state index in [0.29, 0.717) is 0 Å². The molecule has 1 aromatic heterocycles. The first kappa shape index (κ1) is 19.2. The molecule has 0 N–H and O–H groups in total. The number of imidazole rings is 1. The van der Waals surface area contributed by atoms with Crippen molar-refractivity contribution in [2.75, 3.05) is 7.11 Å². The molecule has 0 fully saturated rings. The first-order chi connectivity index (χ1) is 10.8. The average Bonchev–Trinajstić information content (AvgIpc) is 2.95. The van der Waals surface area contributed by atoms with Crippen LogP contribution >= 0.6 is 0 Å². The van der Waals surface area contributed by atoms with E-state index in [4.69, 9.17) is 4.74 Å². The fourth-order valence-electron chi connectivity index (χ4n) is 3.01. The van der Waals surface area contributed by atoms with E-state index in [0.717, 1.165) is 6.42 Å². The van der Waals surface area contributed by atoms with Crippen LogP contribution < -0.4 is 4.57 Å². The second-order valence-electron chi connectivity index (χ2n) is 6.54. The number of nitrogens with zero attached hydrogens (tertiary/aromatic N) is 2. The Kier molecular flexibility index (Phi) is 11.1. The smallest absolute Gasteiger partial charge is 0.245 e. The number of aryl methyl sites for hydroxylation is 1. The van der Waals surface area contributed by atoms with Crippen LogP contribution in [-0.4, -0.2) is 11.7 Å². The van der Waals surface area contributed by atoms with Crippen LogP contribution in [0.3, 0.4) is 0 Å². The molecule has 3 heteroatoms.